The zero-order valence-corrected chi connectivity index (χ0v) is 19.4. The average Bonchev–Trinajstić information content (AvgIpc) is 2.79. The Balaban J connectivity index is 2.41. The van der Waals surface area contributed by atoms with Crippen molar-refractivity contribution in [1.29, 1.82) is 0 Å². The molecule has 10 heteroatoms. The zero-order chi connectivity index (χ0) is 23.7. The molecule has 0 N–H and O–H groups in total. The lowest BCUT2D eigenvalue weighted by molar-refractivity contribution is -0.126. The van der Waals surface area contributed by atoms with Crippen LogP contribution in [0.15, 0.2) is 46.6 Å². The van der Waals surface area contributed by atoms with Crippen molar-refractivity contribution >= 4 is 34.8 Å². The highest BCUT2D eigenvalue weighted by Crippen LogP contribution is 2.39. The van der Waals surface area contributed by atoms with Crippen LogP contribution in [0.4, 0.5) is 11.4 Å². The Hall–Kier alpha value is -3.33. The monoisotopic (exact) mass is 463 g/mol. The summed E-state index contributed by atoms with van der Waals surface area (Å²) < 4.78 is 22.3. The van der Waals surface area contributed by atoms with Crippen molar-refractivity contribution in [2.75, 3.05) is 31.9 Å². The van der Waals surface area contributed by atoms with Gasteiger partial charge in [0, 0.05) is 17.8 Å². The summed E-state index contributed by atoms with van der Waals surface area (Å²) in [4.78, 5) is 25.3. The van der Waals surface area contributed by atoms with E-state index in [9.17, 15) is 9.59 Å². The SMILES string of the molecule is CCOc1ccc(OCC)c(N=NC(C(C)=O)C(=O)N(Cl)c2c(OC)cccc2OC)c1. The molecule has 2 aromatic rings. The van der Waals surface area contributed by atoms with E-state index in [2.05, 4.69) is 10.2 Å². The van der Waals surface area contributed by atoms with Gasteiger partial charge in [-0.25, -0.2) is 4.42 Å². The van der Waals surface area contributed by atoms with Crippen LogP contribution >= 0.6 is 11.8 Å². The Morgan fingerprint density at radius 3 is 2.16 bits per heavy atom. The van der Waals surface area contributed by atoms with Gasteiger partial charge in [-0.2, -0.15) is 10.2 Å². The molecule has 32 heavy (non-hydrogen) atoms. The molecule has 9 nitrogen and oxygen atoms in total. The number of azo groups is 1. The number of hydrogen-bond donors (Lipinski definition) is 0. The first-order valence-corrected chi connectivity index (χ1v) is 10.2. The number of ketones is 1. The Morgan fingerprint density at radius 1 is 1.00 bits per heavy atom. The lowest BCUT2D eigenvalue weighted by atomic mass is 10.2. The standard InChI is InChI=1S/C22H26ClN3O6/c1-6-31-15-11-12-17(32-7-2)16(13-15)24-25-20(14(3)27)22(28)26(23)21-18(29-4)9-8-10-19(21)30-5/h8-13,20H,6-7H2,1-5H3. The van der Waals surface area contributed by atoms with Gasteiger partial charge in [0.05, 0.1) is 27.4 Å². The number of amides is 1. The van der Waals surface area contributed by atoms with Gasteiger partial charge in [-0.05, 0) is 45.0 Å². The van der Waals surface area contributed by atoms with Gasteiger partial charge < -0.3 is 18.9 Å². The van der Waals surface area contributed by atoms with Crippen molar-refractivity contribution < 1.29 is 28.5 Å². The van der Waals surface area contributed by atoms with Crippen LogP contribution in [0.25, 0.3) is 0 Å². The third-order valence-corrected chi connectivity index (χ3v) is 4.57. The second kappa shape index (κ2) is 11.9. The maximum Gasteiger partial charge on any atom is 0.276 e. The van der Waals surface area contributed by atoms with Crippen LogP contribution in [0.5, 0.6) is 23.0 Å². The lowest BCUT2D eigenvalue weighted by Crippen LogP contribution is -2.36. The molecule has 2 aromatic carbocycles. The van der Waals surface area contributed by atoms with Gasteiger partial charge in [-0.15, -0.1) is 0 Å². The molecule has 0 fully saturated rings. The number of halogens is 1. The number of nitrogens with zero attached hydrogens (tertiary/aromatic N) is 3. The van der Waals surface area contributed by atoms with Gasteiger partial charge in [0.2, 0.25) is 6.04 Å². The minimum absolute atomic E-state index is 0.152. The number of para-hydroxylation sites is 1. The minimum atomic E-state index is -1.49. The summed E-state index contributed by atoms with van der Waals surface area (Å²) in [5.74, 6) is 0.198. The Bertz CT molecular complexity index is 960. The van der Waals surface area contributed by atoms with Crippen molar-refractivity contribution in [1.82, 2.24) is 0 Å². The number of hydrogen-bond acceptors (Lipinski definition) is 8. The van der Waals surface area contributed by atoms with Crippen LogP contribution in [0.2, 0.25) is 0 Å². The van der Waals surface area contributed by atoms with Crippen molar-refractivity contribution in [3.8, 4) is 23.0 Å². The van der Waals surface area contributed by atoms with Crippen LogP contribution in [0.3, 0.4) is 0 Å². The molecule has 0 saturated carbocycles. The molecule has 0 spiro atoms. The van der Waals surface area contributed by atoms with E-state index in [1.165, 1.54) is 21.1 Å². The highest BCUT2D eigenvalue weighted by Gasteiger charge is 2.32. The van der Waals surface area contributed by atoms with Crippen molar-refractivity contribution in [2.45, 2.75) is 26.8 Å². The normalized spacial score (nSPS) is 11.7. The third-order valence-electron chi connectivity index (χ3n) is 4.23. The molecule has 0 aromatic heterocycles. The summed E-state index contributed by atoms with van der Waals surface area (Å²) in [6.45, 7) is 5.76. The van der Waals surface area contributed by atoms with Gasteiger partial charge in [0.15, 0.2) is 5.78 Å². The first-order valence-electron chi connectivity index (χ1n) is 9.89. The molecular weight excluding hydrogens is 438 g/mol. The molecule has 1 atom stereocenters. The van der Waals surface area contributed by atoms with Gasteiger partial charge in [0.1, 0.15) is 34.4 Å². The summed E-state index contributed by atoms with van der Waals surface area (Å²) in [6.07, 6.45) is 0. The summed E-state index contributed by atoms with van der Waals surface area (Å²) >= 11 is 6.32. The number of carbonyl (C=O) groups is 2. The first kappa shape index (κ1) is 24.9. The maximum atomic E-state index is 13.1. The van der Waals surface area contributed by atoms with E-state index >= 15 is 0 Å². The quantitative estimate of drug-likeness (QED) is 0.271. The number of methoxy groups -OCH3 is 2. The first-order chi connectivity index (χ1) is 15.4. The Kier molecular flexibility index (Phi) is 9.27. The van der Waals surface area contributed by atoms with Gasteiger partial charge in [-0.1, -0.05) is 6.07 Å². The number of benzene rings is 2. The lowest BCUT2D eigenvalue weighted by Gasteiger charge is -2.21. The molecule has 0 heterocycles. The number of carbonyl (C=O) groups excluding carboxylic acids is 2. The molecule has 1 amide bonds. The minimum Gasteiger partial charge on any atom is -0.494 e. The van der Waals surface area contributed by atoms with Crippen LogP contribution in [0.1, 0.15) is 20.8 Å². The van der Waals surface area contributed by atoms with Crippen LogP contribution in [0, 0.1) is 0 Å². The van der Waals surface area contributed by atoms with E-state index in [1.54, 1.807) is 36.4 Å². The van der Waals surface area contributed by atoms with E-state index in [0.717, 1.165) is 4.42 Å². The van der Waals surface area contributed by atoms with E-state index in [4.69, 9.17) is 30.7 Å². The molecule has 1 unspecified atom stereocenters. The summed E-state index contributed by atoms with van der Waals surface area (Å²) in [7, 11) is 2.85. The molecule has 0 bridgehead atoms. The Labute approximate surface area is 192 Å². The number of Topliss-reactive ketones (excluding diaryl/α,β-unsaturated/α-hetero) is 1. The highest BCUT2D eigenvalue weighted by atomic mass is 35.5. The van der Waals surface area contributed by atoms with Crippen LogP contribution in [-0.4, -0.2) is 45.2 Å². The second-order valence-corrected chi connectivity index (χ2v) is 6.69. The fourth-order valence-electron chi connectivity index (χ4n) is 2.78. The fourth-order valence-corrected chi connectivity index (χ4v) is 3.04. The smallest absolute Gasteiger partial charge is 0.276 e. The highest BCUT2D eigenvalue weighted by molar-refractivity contribution is 6.39. The number of rotatable bonds is 11. The molecule has 0 radical (unpaired) electrons. The predicted molar refractivity (Wildman–Crippen MR) is 121 cm³/mol. The molecule has 0 aliphatic heterocycles. The van der Waals surface area contributed by atoms with Crippen molar-refractivity contribution in [2.24, 2.45) is 10.2 Å². The van der Waals surface area contributed by atoms with Gasteiger partial charge in [0.25, 0.3) is 5.91 Å². The third kappa shape index (κ3) is 5.88. The predicted octanol–water partition coefficient (Wildman–Crippen LogP) is 4.73. The molecule has 0 aliphatic carbocycles. The largest absolute Gasteiger partial charge is 0.494 e. The maximum absolute atomic E-state index is 13.1. The van der Waals surface area contributed by atoms with E-state index in [-0.39, 0.29) is 17.2 Å². The topological polar surface area (TPSA) is 99.0 Å². The van der Waals surface area contributed by atoms with Crippen LogP contribution in [-0.2, 0) is 9.59 Å². The molecule has 0 aliphatic rings. The summed E-state index contributed by atoms with van der Waals surface area (Å²) in [5.41, 5.74) is 0.465. The average molecular weight is 464 g/mol. The fraction of sp³-hybridized carbons (Fsp3) is 0.364. The van der Waals surface area contributed by atoms with Crippen molar-refractivity contribution in [3.05, 3.63) is 36.4 Å². The van der Waals surface area contributed by atoms with E-state index in [0.29, 0.717) is 30.4 Å². The number of ether oxygens (including phenoxy) is 4. The van der Waals surface area contributed by atoms with E-state index in [1.807, 2.05) is 13.8 Å². The summed E-state index contributed by atoms with van der Waals surface area (Å²) in [6, 6.07) is 8.43. The summed E-state index contributed by atoms with van der Waals surface area (Å²) in [5, 5.41) is 8.08. The Morgan fingerprint density at radius 2 is 1.62 bits per heavy atom. The van der Waals surface area contributed by atoms with Crippen molar-refractivity contribution in [3.63, 3.8) is 0 Å². The molecule has 172 valence electrons. The van der Waals surface area contributed by atoms with Gasteiger partial charge >= 0.3 is 0 Å². The second-order valence-electron chi connectivity index (χ2n) is 6.35. The van der Waals surface area contributed by atoms with Gasteiger partial charge in [-0.3, -0.25) is 9.59 Å². The molecule has 0 saturated heterocycles. The molecule has 2 rings (SSSR count). The van der Waals surface area contributed by atoms with Crippen LogP contribution < -0.4 is 23.4 Å². The zero-order valence-electron chi connectivity index (χ0n) is 18.6. The van der Waals surface area contributed by atoms with E-state index < -0.39 is 17.7 Å². The molecular formula is C22H26ClN3O6. The number of anilines is 1.